The second-order valence-electron chi connectivity index (χ2n) is 4.67. The van der Waals surface area contributed by atoms with Gasteiger partial charge in [-0.25, -0.2) is 8.42 Å². The van der Waals surface area contributed by atoms with Crippen LogP contribution in [0.3, 0.4) is 0 Å². The van der Waals surface area contributed by atoms with E-state index in [1.807, 2.05) is 0 Å². The molecule has 0 aliphatic carbocycles. The van der Waals surface area contributed by atoms with Crippen molar-refractivity contribution in [1.82, 2.24) is 0 Å². The smallest absolute Gasteiger partial charge is 0.292 e. The quantitative estimate of drug-likeness (QED) is 0.617. The Morgan fingerprint density at radius 2 is 2.11 bits per heavy atom. The highest BCUT2D eigenvalue weighted by Gasteiger charge is 2.37. The Morgan fingerprint density at radius 1 is 1.42 bits per heavy atom. The molecule has 0 amide bonds. The maximum Gasteiger partial charge on any atom is 0.292 e. The molecule has 1 aromatic carbocycles. The van der Waals surface area contributed by atoms with Crippen LogP contribution in [0.4, 0.5) is 11.4 Å². The molecule has 0 bridgehead atoms. The van der Waals surface area contributed by atoms with Crippen molar-refractivity contribution in [2.24, 2.45) is 0 Å². The van der Waals surface area contributed by atoms with Gasteiger partial charge in [0.05, 0.1) is 28.6 Å². The summed E-state index contributed by atoms with van der Waals surface area (Å²) < 4.78 is 22.8. The van der Waals surface area contributed by atoms with Crippen molar-refractivity contribution in [3.63, 3.8) is 0 Å². The Kier molecular flexibility index (Phi) is 3.46. The number of nitro groups is 1. The van der Waals surface area contributed by atoms with Gasteiger partial charge in [0, 0.05) is 6.07 Å². The van der Waals surface area contributed by atoms with Gasteiger partial charge in [-0.3, -0.25) is 10.1 Å². The van der Waals surface area contributed by atoms with Crippen LogP contribution in [0.15, 0.2) is 18.2 Å². The molecule has 19 heavy (non-hydrogen) atoms. The molecule has 1 fully saturated rings. The molecule has 0 spiro atoms. The van der Waals surface area contributed by atoms with Crippen LogP contribution in [-0.2, 0) is 9.84 Å². The largest absolute Gasteiger partial charge is 0.390 e. The standard InChI is InChI=1S/C11H14N2O5S/c1-7-2-3-8(10(4-7)13(15)16)12-9-5-19(17,18)6-11(9)14/h2-4,9,11-12,14H,5-6H2,1H3/t9-,11-/m0/s1. The van der Waals surface area contributed by atoms with Crippen molar-refractivity contribution >= 4 is 21.2 Å². The van der Waals surface area contributed by atoms with Gasteiger partial charge in [-0.2, -0.15) is 0 Å². The van der Waals surface area contributed by atoms with Crippen LogP contribution in [0, 0.1) is 17.0 Å². The SMILES string of the molecule is Cc1ccc(N[C@H]2CS(=O)(=O)C[C@@H]2O)c([N+](=O)[O-])c1. The number of hydrogen-bond donors (Lipinski definition) is 2. The molecule has 7 nitrogen and oxygen atoms in total. The Hall–Kier alpha value is -1.67. The second-order valence-corrected chi connectivity index (χ2v) is 6.83. The number of benzene rings is 1. The highest BCUT2D eigenvalue weighted by Crippen LogP contribution is 2.28. The van der Waals surface area contributed by atoms with E-state index in [1.165, 1.54) is 12.1 Å². The predicted molar refractivity (Wildman–Crippen MR) is 69.9 cm³/mol. The number of anilines is 1. The van der Waals surface area contributed by atoms with E-state index in [0.717, 1.165) is 5.56 Å². The van der Waals surface area contributed by atoms with Crippen molar-refractivity contribution < 1.29 is 18.4 Å². The fourth-order valence-electron chi connectivity index (χ4n) is 2.08. The normalized spacial score (nSPS) is 25.2. The zero-order chi connectivity index (χ0) is 14.2. The van der Waals surface area contributed by atoms with Gasteiger partial charge in [-0.1, -0.05) is 6.07 Å². The predicted octanol–water partition coefficient (Wildman–Crippen LogP) is 0.473. The van der Waals surface area contributed by atoms with E-state index in [1.54, 1.807) is 13.0 Å². The van der Waals surface area contributed by atoms with Gasteiger partial charge in [0.15, 0.2) is 9.84 Å². The van der Waals surface area contributed by atoms with Crippen LogP contribution in [0.5, 0.6) is 0 Å². The van der Waals surface area contributed by atoms with Crippen molar-refractivity contribution in [3.05, 3.63) is 33.9 Å². The summed E-state index contributed by atoms with van der Waals surface area (Å²) in [6.45, 7) is 1.73. The third kappa shape index (κ3) is 3.02. The monoisotopic (exact) mass is 286 g/mol. The molecule has 0 unspecified atom stereocenters. The number of nitro benzene ring substituents is 1. The molecule has 0 radical (unpaired) electrons. The Labute approximate surface area is 110 Å². The minimum atomic E-state index is -3.29. The summed E-state index contributed by atoms with van der Waals surface area (Å²) in [7, 11) is -3.29. The Balaban J connectivity index is 2.27. The zero-order valence-electron chi connectivity index (χ0n) is 10.2. The number of rotatable bonds is 3. The molecule has 1 aliphatic rings. The first-order valence-corrected chi connectivity index (χ1v) is 7.51. The highest BCUT2D eigenvalue weighted by molar-refractivity contribution is 7.91. The van der Waals surface area contributed by atoms with E-state index < -0.39 is 26.9 Å². The molecule has 2 atom stereocenters. The summed E-state index contributed by atoms with van der Waals surface area (Å²) in [5.74, 6) is -0.538. The lowest BCUT2D eigenvalue weighted by atomic mass is 10.1. The van der Waals surface area contributed by atoms with Crippen LogP contribution < -0.4 is 5.32 Å². The first-order valence-electron chi connectivity index (χ1n) is 5.68. The van der Waals surface area contributed by atoms with Crippen molar-refractivity contribution in [2.75, 3.05) is 16.8 Å². The van der Waals surface area contributed by atoms with Crippen LogP contribution in [0.1, 0.15) is 5.56 Å². The van der Waals surface area contributed by atoms with Gasteiger partial charge in [0.2, 0.25) is 0 Å². The molecule has 0 saturated carbocycles. The topological polar surface area (TPSA) is 110 Å². The van der Waals surface area contributed by atoms with Crippen molar-refractivity contribution in [2.45, 2.75) is 19.1 Å². The molecule has 0 aromatic heterocycles. The lowest BCUT2D eigenvalue weighted by molar-refractivity contribution is -0.384. The summed E-state index contributed by atoms with van der Waals surface area (Å²) >= 11 is 0. The minimum absolute atomic E-state index is 0.128. The molecule has 104 valence electrons. The number of hydrogen-bond acceptors (Lipinski definition) is 6. The van der Waals surface area contributed by atoms with Gasteiger partial charge in [-0.05, 0) is 18.6 Å². The van der Waals surface area contributed by atoms with Gasteiger partial charge in [0.1, 0.15) is 5.69 Å². The van der Waals surface area contributed by atoms with E-state index >= 15 is 0 Å². The number of aliphatic hydroxyl groups is 1. The number of aryl methyl sites for hydroxylation is 1. The molecular weight excluding hydrogens is 272 g/mol. The minimum Gasteiger partial charge on any atom is -0.390 e. The average Bonchev–Trinajstić information content (AvgIpc) is 2.54. The first kappa shape index (κ1) is 13.8. The molecule has 1 aromatic rings. The lowest BCUT2D eigenvalue weighted by Gasteiger charge is -2.16. The van der Waals surface area contributed by atoms with E-state index in [2.05, 4.69) is 5.32 Å². The highest BCUT2D eigenvalue weighted by atomic mass is 32.2. The van der Waals surface area contributed by atoms with Crippen LogP contribution in [0.25, 0.3) is 0 Å². The fraction of sp³-hybridized carbons (Fsp3) is 0.455. The third-order valence-electron chi connectivity index (χ3n) is 3.01. The van der Waals surface area contributed by atoms with Gasteiger partial charge >= 0.3 is 0 Å². The van der Waals surface area contributed by atoms with Crippen LogP contribution in [0.2, 0.25) is 0 Å². The summed E-state index contributed by atoms with van der Waals surface area (Å²) in [6, 6.07) is 3.89. The maximum absolute atomic E-state index is 11.4. The Morgan fingerprint density at radius 3 is 2.63 bits per heavy atom. The average molecular weight is 286 g/mol. The number of sulfone groups is 1. The number of aliphatic hydroxyl groups excluding tert-OH is 1. The number of nitrogens with zero attached hydrogens (tertiary/aromatic N) is 1. The first-order chi connectivity index (χ1) is 8.78. The molecule has 8 heteroatoms. The van der Waals surface area contributed by atoms with E-state index in [4.69, 9.17) is 0 Å². The number of nitrogens with one attached hydrogen (secondary N) is 1. The Bertz CT molecular complexity index is 614. The second kappa shape index (κ2) is 4.78. The molecular formula is C11H14N2O5S. The van der Waals surface area contributed by atoms with Crippen molar-refractivity contribution in [1.29, 1.82) is 0 Å². The fourth-order valence-corrected chi connectivity index (χ4v) is 3.82. The van der Waals surface area contributed by atoms with Crippen LogP contribution >= 0.6 is 0 Å². The molecule has 1 aliphatic heterocycles. The molecule has 1 saturated heterocycles. The molecule has 1 heterocycles. The molecule has 2 rings (SSSR count). The van der Waals surface area contributed by atoms with Gasteiger partial charge in [-0.15, -0.1) is 0 Å². The van der Waals surface area contributed by atoms with E-state index in [-0.39, 0.29) is 22.9 Å². The zero-order valence-corrected chi connectivity index (χ0v) is 11.1. The summed E-state index contributed by atoms with van der Waals surface area (Å²) in [5, 5.41) is 23.4. The van der Waals surface area contributed by atoms with Crippen molar-refractivity contribution in [3.8, 4) is 0 Å². The van der Waals surface area contributed by atoms with E-state index in [0.29, 0.717) is 0 Å². The summed E-state index contributed by atoms with van der Waals surface area (Å²) in [5.41, 5.74) is 0.824. The van der Waals surface area contributed by atoms with E-state index in [9.17, 15) is 23.6 Å². The van der Waals surface area contributed by atoms with Crippen LogP contribution in [-0.4, -0.2) is 42.1 Å². The van der Waals surface area contributed by atoms with Gasteiger partial charge < -0.3 is 10.4 Å². The molecule has 2 N–H and O–H groups in total. The van der Waals surface area contributed by atoms with Gasteiger partial charge in [0.25, 0.3) is 5.69 Å². The maximum atomic E-state index is 11.4. The lowest BCUT2D eigenvalue weighted by Crippen LogP contribution is -2.32. The third-order valence-corrected chi connectivity index (χ3v) is 4.73. The summed E-state index contributed by atoms with van der Waals surface area (Å²) in [4.78, 5) is 10.4. The summed E-state index contributed by atoms with van der Waals surface area (Å²) in [6.07, 6.45) is -1.05.